The van der Waals surface area contributed by atoms with Crippen molar-refractivity contribution in [1.29, 1.82) is 0 Å². The van der Waals surface area contributed by atoms with Gasteiger partial charge in [0, 0.05) is 31.3 Å². The first-order valence-corrected chi connectivity index (χ1v) is 12.4. The number of aliphatic carboxylic acids is 1. The lowest BCUT2D eigenvalue weighted by molar-refractivity contribution is -0.350. The zero-order valence-electron chi connectivity index (χ0n) is 21.1. The molecule has 3 aliphatic rings. The van der Waals surface area contributed by atoms with Crippen LogP contribution in [0.5, 0.6) is 5.75 Å². The average molecular weight is 529 g/mol. The zero-order valence-corrected chi connectivity index (χ0v) is 21.1. The molecule has 2 unspecified atom stereocenters. The van der Waals surface area contributed by atoms with E-state index >= 15 is 0 Å². The number of carboxylic acid groups (broad SMARTS) is 1. The lowest BCUT2D eigenvalue weighted by Crippen LogP contribution is -2.49. The van der Waals surface area contributed by atoms with Gasteiger partial charge in [-0.25, -0.2) is 4.98 Å². The molecule has 0 radical (unpaired) electrons. The minimum atomic E-state index is -4.84. The summed E-state index contributed by atoms with van der Waals surface area (Å²) in [5.74, 6) is -1.32. The third kappa shape index (κ3) is 3.91. The Morgan fingerprint density at radius 1 is 1.24 bits per heavy atom. The molecule has 38 heavy (non-hydrogen) atoms. The Kier molecular flexibility index (Phi) is 5.33. The largest absolute Gasteiger partial charge is 0.523 e. The van der Waals surface area contributed by atoms with Gasteiger partial charge in [-0.05, 0) is 49.1 Å². The van der Waals surface area contributed by atoms with E-state index in [4.69, 9.17) is 9.72 Å². The molecule has 3 aromatic rings. The molecule has 6 rings (SSSR count). The maximum Gasteiger partial charge on any atom is 0.523 e. The molecule has 0 spiro atoms. The molecule has 0 saturated carbocycles. The van der Waals surface area contributed by atoms with Crippen molar-refractivity contribution in [2.75, 3.05) is 0 Å². The summed E-state index contributed by atoms with van der Waals surface area (Å²) in [5.41, 5.74) is 1.01. The van der Waals surface area contributed by atoms with Crippen LogP contribution >= 0.6 is 0 Å². The van der Waals surface area contributed by atoms with Gasteiger partial charge in [-0.15, -0.1) is 13.2 Å². The van der Waals surface area contributed by atoms with Gasteiger partial charge in [-0.2, -0.15) is 5.10 Å². The van der Waals surface area contributed by atoms with Gasteiger partial charge < -0.3 is 14.4 Å². The van der Waals surface area contributed by atoms with E-state index in [0.29, 0.717) is 34.8 Å². The van der Waals surface area contributed by atoms with Gasteiger partial charge in [0.25, 0.3) is 0 Å². The Morgan fingerprint density at radius 3 is 2.71 bits per heavy atom. The van der Waals surface area contributed by atoms with E-state index in [1.54, 1.807) is 16.8 Å². The minimum Gasteiger partial charge on any atom is -0.487 e. The quantitative estimate of drug-likeness (QED) is 0.463. The summed E-state index contributed by atoms with van der Waals surface area (Å²) < 4.78 is 54.5. The Bertz CT molecular complexity index is 1520. The van der Waals surface area contributed by atoms with Crippen molar-refractivity contribution in [3.05, 3.63) is 65.3 Å². The molecule has 2 aliphatic carbocycles. The summed E-state index contributed by atoms with van der Waals surface area (Å²) in [6.45, 7) is 4.04. The number of hydrogen-bond acceptors (Lipinski definition) is 5. The Hall–Kier alpha value is -3.60. The number of ether oxygens (including phenoxy) is 2. The van der Waals surface area contributed by atoms with E-state index < -0.39 is 35.2 Å². The molecule has 0 saturated heterocycles. The molecule has 8 nitrogen and oxygen atoms in total. The van der Waals surface area contributed by atoms with Gasteiger partial charge in [-0.3, -0.25) is 14.2 Å². The molecule has 0 bridgehead atoms. The number of imidazole rings is 1. The van der Waals surface area contributed by atoms with E-state index in [0.717, 1.165) is 11.2 Å². The number of hydrogen-bond donors (Lipinski definition) is 1. The van der Waals surface area contributed by atoms with Gasteiger partial charge in [0.2, 0.25) is 0 Å². The molecule has 0 amide bonds. The predicted octanol–water partition coefficient (Wildman–Crippen LogP) is 5.11. The summed E-state index contributed by atoms with van der Waals surface area (Å²) >= 11 is 0. The number of aryl methyl sites for hydroxylation is 1. The van der Waals surface area contributed by atoms with Gasteiger partial charge in [0.05, 0.1) is 28.6 Å². The fourth-order valence-electron chi connectivity index (χ4n) is 6.43. The highest BCUT2D eigenvalue weighted by Gasteiger charge is 2.55. The van der Waals surface area contributed by atoms with E-state index in [1.165, 1.54) is 13.0 Å². The second-order valence-electron chi connectivity index (χ2n) is 10.7. The monoisotopic (exact) mass is 528 g/mol. The topological polar surface area (TPSA) is 91.4 Å². The number of nitrogens with zero attached hydrogens (tertiary/aromatic N) is 4. The Balaban J connectivity index is 1.46. The Morgan fingerprint density at radius 2 is 2.03 bits per heavy atom. The minimum absolute atomic E-state index is 0.196. The number of halogens is 3. The number of allylic oxidation sites excluding steroid dienone is 2. The fraction of sp³-hybridized carbons (Fsp3) is 0.444. The molecule has 0 fully saturated rings. The van der Waals surface area contributed by atoms with E-state index in [9.17, 15) is 23.1 Å². The standard InChI is InChI=1S/C27H27F3N4O4/c1-25-9-10-26(2,38-27(28,29)30)18-6-5-17(24(35)36)21(22(18)25)23-31-19-7-4-16(12-20(19)34(23)14-25)37-13-15-8-11-33(3)32-15/h4,7-12,17,21H,5-6,13-14H2,1-3H3,(H,35,36)/t17-,21+,25?,26?/m0/s1. The highest BCUT2D eigenvalue weighted by atomic mass is 19.4. The molecule has 4 atom stereocenters. The van der Waals surface area contributed by atoms with Gasteiger partial charge in [0.15, 0.2) is 0 Å². The fourth-order valence-corrected chi connectivity index (χ4v) is 6.43. The van der Waals surface area contributed by atoms with Crippen LogP contribution in [0.3, 0.4) is 0 Å². The first-order chi connectivity index (χ1) is 17.9. The average Bonchev–Trinajstić information content (AvgIpc) is 3.42. The number of fused-ring (bicyclic) bond motifs is 4. The van der Waals surface area contributed by atoms with Crippen molar-refractivity contribution >= 4 is 17.0 Å². The second-order valence-corrected chi connectivity index (χ2v) is 10.7. The molecular weight excluding hydrogens is 501 g/mol. The molecule has 200 valence electrons. The van der Waals surface area contributed by atoms with Crippen molar-refractivity contribution in [3.63, 3.8) is 0 Å². The third-order valence-corrected chi connectivity index (χ3v) is 8.04. The van der Waals surface area contributed by atoms with Crippen LogP contribution in [0.15, 0.2) is 53.8 Å². The number of aromatic nitrogens is 4. The van der Waals surface area contributed by atoms with Crippen molar-refractivity contribution in [2.24, 2.45) is 18.4 Å². The number of carboxylic acids is 1. The summed E-state index contributed by atoms with van der Waals surface area (Å²) in [4.78, 5) is 17.2. The first-order valence-electron chi connectivity index (χ1n) is 12.4. The highest BCUT2D eigenvalue weighted by Crippen LogP contribution is 2.59. The van der Waals surface area contributed by atoms with Crippen molar-refractivity contribution in [2.45, 2.75) is 57.7 Å². The maximum absolute atomic E-state index is 13.4. The molecule has 1 aromatic carbocycles. The van der Waals surface area contributed by atoms with Crippen LogP contribution in [0.25, 0.3) is 11.0 Å². The summed E-state index contributed by atoms with van der Waals surface area (Å²) in [7, 11) is 1.83. The van der Waals surface area contributed by atoms with E-state index in [1.807, 2.05) is 42.9 Å². The van der Waals surface area contributed by atoms with E-state index in [-0.39, 0.29) is 19.4 Å². The lowest BCUT2D eigenvalue weighted by atomic mass is 9.58. The van der Waals surface area contributed by atoms with Crippen LogP contribution in [0.1, 0.15) is 44.1 Å². The summed E-state index contributed by atoms with van der Waals surface area (Å²) in [5, 5.41) is 14.5. The summed E-state index contributed by atoms with van der Waals surface area (Å²) in [6.07, 6.45) is 0.615. The molecule has 2 aromatic heterocycles. The highest BCUT2D eigenvalue weighted by molar-refractivity contribution is 5.80. The SMILES string of the molecule is Cn1ccc(COc2ccc3nc4n(c3c2)CC2(C)C=CC(C)(OC(F)(F)F)C3=C2[C@H]4[C@@H](C(=O)O)CC3)n1. The molecule has 11 heteroatoms. The zero-order chi connectivity index (χ0) is 27.0. The van der Waals surface area contributed by atoms with Crippen LogP contribution in [-0.4, -0.2) is 42.4 Å². The maximum atomic E-state index is 13.4. The van der Waals surface area contributed by atoms with E-state index in [2.05, 4.69) is 9.84 Å². The first kappa shape index (κ1) is 24.7. The van der Waals surface area contributed by atoms with Crippen LogP contribution in [0.4, 0.5) is 13.2 Å². The number of carbonyl (C=O) groups is 1. The number of alkyl halides is 3. The molecule has 3 heterocycles. The normalized spacial score (nSPS) is 28.4. The predicted molar refractivity (Wildman–Crippen MR) is 130 cm³/mol. The number of benzene rings is 1. The van der Waals surface area contributed by atoms with Crippen LogP contribution in [-0.2, 0) is 29.7 Å². The van der Waals surface area contributed by atoms with Crippen molar-refractivity contribution in [1.82, 2.24) is 19.3 Å². The molecule has 1 aliphatic heterocycles. The van der Waals surface area contributed by atoms with Crippen molar-refractivity contribution in [3.8, 4) is 5.75 Å². The van der Waals surface area contributed by atoms with Gasteiger partial charge in [0.1, 0.15) is 23.8 Å². The molecular formula is C27H27F3N4O4. The van der Waals surface area contributed by atoms with Crippen LogP contribution in [0, 0.1) is 11.3 Å². The number of rotatable bonds is 5. The second kappa shape index (κ2) is 8.20. The lowest BCUT2D eigenvalue weighted by Gasteiger charge is -2.51. The van der Waals surface area contributed by atoms with Crippen LogP contribution < -0.4 is 4.74 Å². The Labute approximate surface area is 216 Å². The summed E-state index contributed by atoms with van der Waals surface area (Å²) in [6, 6.07) is 7.36. The van der Waals surface area contributed by atoms with Crippen LogP contribution in [0.2, 0.25) is 0 Å². The van der Waals surface area contributed by atoms with Crippen molar-refractivity contribution < 1.29 is 32.5 Å². The smallest absolute Gasteiger partial charge is 0.487 e. The third-order valence-electron chi connectivity index (χ3n) is 8.04. The molecule has 1 N–H and O–H groups in total. The van der Waals surface area contributed by atoms with Gasteiger partial charge in [-0.1, -0.05) is 19.1 Å². The van der Waals surface area contributed by atoms with Gasteiger partial charge >= 0.3 is 12.3 Å².